The summed E-state index contributed by atoms with van der Waals surface area (Å²) in [5, 5.41) is 43.1. The van der Waals surface area contributed by atoms with Crippen LogP contribution >= 0.6 is 23.4 Å². The van der Waals surface area contributed by atoms with Gasteiger partial charge in [0.05, 0.1) is 30.7 Å². The van der Waals surface area contributed by atoms with Gasteiger partial charge in [-0.05, 0) is 57.1 Å². The number of fused-ring (bicyclic) bond motifs is 1. The van der Waals surface area contributed by atoms with Crippen molar-refractivity contribution in [3.8, 4) is 0 Å². The summed E-state index contributed by atoms with van der Waals surface area (Å²) in [4.78, 5) is 28.9. The van der Waals surface area contributed by atoms with Crippen LogP contribution in [0.25, 0.3) is 5.57 Å². The van der Waals surface area contributed by atoms with Gasteiger partial charge in [0, 0.05) is 12.5 Å². The van der Waals surface area contributed by atoms with E-state index in [-0.39, 0.29) is 25.7 Å². The van der Waals surface area contributed by atoms with Gasteiger partial charge in [-0.2, -0.15) is 0 Å². The number of aliphatic hydroxyl groups is 4. The summed E-state index contributed by atoms with van der Waals surface area (Å²) in [5.74, 6) is -0.806. The summed E-state index contributed by atoms with van der Waals surface area (Å²) in [6, 6.07) is 5.50. The van der Waals surface area contributed by atoms with E-state index in [0.29, 0.717) is 6.42 Å². The summed E-state index contributed by atoms with van der Waals surface area (Å²) in [6.07, 6.45) is -2.65. The summed E-state index contributed by atoms with van der Waals surface area (Å²) in [5.41, 5.74) is 1.10. The van der Waals surface area contributed by atoms with Gasteiger partial charge in [0.25, 0.3) is 0 Å². The topological polar surface area (TPSA) is 158 Å². The minimum atomic E-state index is -1.53. The lowest BCUT2D eigenvalue weighted by molar-refractivity contribution is -0.205. The molecule has 0 saturated carbocycles. The van der Waals surface area contributed by atoms with Crippen molar-refractivity contribution in [2.24, 2.45) is 5.92 Å². The molecule has 0 radical (unpaired) electrons. The van der Waals surface area contributed by atoms with Crippen LogP contribution in [0.1, 0.15) is 45.2 Å². The molecule has 2 fully saturated rings. The Morgan fingerprint density at radius 1 is 1.16 bits per heavy atom. The number of likely N-dealkylation sites (tertiary alicyclic amines) is 1. The van der Waals surface area contributed by atoms with E-state index in [1.807, 2.05) is 30.3 Å². The fraction of sp³-hybridized carbons (Fsp3) is 0.667. The molecule has 1 aromatic carbocycles. The zero-order valence-electron chi connectivity index (χ0n) is 25.1. The lowest BCUT2D eigenvalue weighted by atomic mass is 9.90. The number of hydrogen-bond acceptors (Lipinski definition) is 10. The molecule has 0 aromatic heterocycles. The standard InChI is InChI=1S/C30H43ClN2O9S/c1-15(31)20(26-23(36)22(35)24(37)28(41-26)43-5)32-27(38)21-25-19(13-33(21)29(39)42-30(2,3)4)12-18(10-11-40-25)17-8-6-16(14-34)7-9-17/h6-10,15,19-26,28,34-37H,11-14H2,1-5H3,(H,32,38)/t15-,19-,20+,21-,22+,23?,24+,25+,26+,28?/m0/s1. The highest BCUT2D eigenvalue weighted by Crippen LogP contribution is 2.38. The Bertz CT molecular complexity index is 1160. The largest absolute Gasteiger partial charge is 0.444 e. The van der Waals surface area contributed by atoms with Crippen molar-refractivity contribution in [3.05, 3.63) is 41.5 Å². The quantitative estimate of drug-likeness (QED) is 0.278. The highest BCUT2D eigenvalue weighted by Gasteiger charge is 2.53. The number of rotatable bonds is 7. The van der Waals surface area contributed by atoms with Crippen molar-refractivity contribution in [2.75, 3.05) is 19.4 Å². The van der Waals surface area contributed by atoms with Gasteiger partial charge in [-0.3, -0.25) is 9.69 Å². The minimum absolute atomic E-state index is 0.0584. The van der Waals surface area contributed by atoms with Crippen LogP contribution < -0.4 is 5.32 Å². The third-order valence-electron chi connectivity index (χ3n) is 8.04. The van der Waals surface area contributed by atoms with Crippen LogP contribution in [0.4, 0.5) is 4.79 Å². The Morgan fingerprint density at radius 3 is 2.42 bits per heavy atom. The first-order valence-electron chi connectivity index (χ1n) is 14.4. The maximum Gasteiger partial charge on any atom is 0.411 e. The Morgan fingerprint density at radius 2 is 1.84 bits per heavy atom. The Labute approximate surface area is 261 Å². The molecule has 43 heavy (non-hydrogen) atoms. The van der Waals surface area contributed by atoms with Crippen LogP contribution in [0.5, 0.6) is 0 Å². The SMILES string of the molecule is CSC1O[C@H]([C@H](NC(=O)[C@@H]2[C@@H]3OCC=C(c4ccc(CO)cc4)C[C@H]3CN2C(=O)OC(C)(C)C)[C@H](C)Cl)C(O)[C@@H](O)[C@H]1O. The third kappa shape index (κ3) is 7.67. The average Bonchev–Trinajstić information content (AvgIpc) is 3.19. The van der Waals surface area contributed by atoms with Crippen molar-refractivity contribution < 1.29 is 44.2 Å². The lowest BCUT2D eigenvalue weighted by Gasteiger charge is -2.44. The van der Waals surface area contributed by atoms with Gasteiger partial charge in [-0.1, -0.05) is 30.3 Å². The molecular formula is C30H43ClN2O9S. The molecule has 3 aliphatic heterocycles. The molecule has 3 aliphatic rings. The second-order valence-electron chi connectivity index (χ2n) is 12.3. The summed E-state index contributed by atoms with van der Waals surface area (Å²) in [6.45, 7) is 7.22. The number of halogens is 1. The molecule has 3 heterocycles. The first-order valence-corrected chi connectivity index (χ1v) is 16.2. The number of hydrogen-bond donors (Lipinski definition) is 5. The predicted octanol–water partition coefficient (Wildman–Crippen LogP) is 1.87. The molecule has 1 aromatic rings. The summed E-state index contributed by atoms with van der Waals surface area (Å²) in [7, 11) is 0. The van der Waals surface area contributed by atoms with E-state index < -0.39 is 71.0 Å². The zero-order chi connectivity index (χ0) is 31.6. The zero-order valence-corrected chi connectivity index (χ0v) is 26.6. The van der Waals surface area contributed by atoms with E-state index in [2.05, 4.69) is 5.32 Å². The maximum atomic E-state index is 14.1. The van der Waals surface area contributed by atoms with Crippen molar-refractivity contribution in [3.63, 3.8) is 0 Å². The van der Waals surface area contributed by atoms with Gasteiger partial charge in [-0.15, -0.1) is 23.4 Å². The number of nitrogens with one attached hydrogen (secondary N) is 1. The molecule has 10 atom stereocenters. The second-order valence-corrected chi connectivity index (χ2v) is 13.9. The van der Waals surface area contributed by atoms with Crippen molar-refractivity contribution >= 4 is 40.9 Å². The fourth-order valence-electron chi connectivity index (χ4n) is 5.87. The van der Waals surface area contributed by atoms with E-state index in [4.69, 9.17) is 25.8 Å². The highest BCUT2D eigenvalue weighted by molar-refractivity contribution is 7.99. The van der Waals surface area contributed by atoms with E-state index in [9.17, 15) is 30.0 Å². The predicted molar refractivity (Wildman–Crippen MR) is 162 cm³/mol. The smallest absolute Gasteiger partial charge is 0.411 e. The summed E-state index contributed by atoms with van der Waals surface area (Å²) >= 11 is 7.67. The second kappa shape index (κ2) is 14.0. The first-order chi connectivity index (χ1) is 20.2. The van der Waals surface area contributed by atoms with Gasteiger partial charge >= 0.3 is 6.09 Å². The van der Waals surface area contributed by atoms with Crippen molar-refractivity contribution in [2.45, 2.75) is 99.7 Å². The van der Waals surface area contributed by atoms with Crippen LogP contribution in [0.3, 0.4) is 0 Å². The van der Waals surface area contributed by atoms with Crippen LogP contribution in [-0.2, 0) is 25.6 Å². The Hall–Kier alpha value is -1.90. The highest BCUT2D eigenvalue weighted by atomic mass is 35.5. The number of alkyl halides is 1. The number of aliphatic hydroxyl groups excluding tert-OH is 4. The molecule has 0 spiro atoms. The number of allylic oxidation sites excluding steroid dienone is 1. The average molecular weight is 643 g/mol. The van der Waals surface area contributed by atoms with Gasteiger partial charge < -0.3 is 40.0 Å². The summed E-state index contributed by atoms with van der Waals surface area (Å²) < 4.78 is 17.8. The number of carbonyl (C=O) groups excluding carboxylic acids is 2. The molecule has 2 saturated heterocycles. The maximum absolute atomic E-state index is 14.1. The third-order valence-corrected chi connectivity index (χ3v) is 9.17. The molecule has 13 heteroatoms. The molecule has 11 nitrogen and oxygen atoms in total. The molecule has 0 bridgehead atoms. The number of thioether (sulfide) groups is 1. The van der Waals surface area contributed by atoms with Gasteiger partial charge in [0.1, 0.15) is 41.5 Å². The lowest BCUT2D eigenvalue weighted by Crippen LogP contribution is -2.65. The number of nitrogens with zero attached hydrogens (tertiary/aromatic N) is 1. The van der Waals surface area contributed by atoms with Crippen LogP contribution in [0.15, 0.2) is 30.3 Å². The molecule has 2 unspecified atom stereocenters. The van der Waals surface area contributed by atoms with E-state index in [1.165, 1.54) is 4.90 Å². The van der Waals surface area contributed by atoms with E-state index in [1.54, 1.807) is 34.0 Å². The molecule has 0 aliphatic carbocycles. The van der Waals surface area contributed by atoms with Crippen LogP contribution in [-0.4, -0.2) is 116 Å². The van der Waals surface area contributed by atoms with Gasteiger partial charge in [0.15, 0.2) is 0 Å². The molecule has 2 amide bonds. The van der Waals surface area contributed by atoms with Gasteiger partial charge in [0.2, 0.25) is 5.91 Å². The normalized spacial score (nSPS) is 32.7. The van der Waals surface area contributed by atoms with E-state index >= 15 is 0 Å². The van der Waals surface area contributed by atoms with Crippen LogP contribution in [0, 0.1) is 5.92 Å². The van der Waals surface area contributed by atoms with Crippen LogP contribution in [0.2, 0.25) is 0 Å². The van der Waals surface area contributed by atoms with Crippen molar-refractivity contribution in [1.29, 1.82) is 0 Å². The number of amides is 2. The number of carbonyl (C=O) groups is 2. The first kappa shape index (κ1) is 34.0. The van der Waals surface area contributed by atoms with Gasteiger partial charge in [-0.25, -0.2) is 4.79 Å². The number of ether oxygens (including phenoxy) is 3. The Kier molecular flexibility index (Phi) is 11.1. The molecular weight excluding hydrogens is 600 g/mol. The fourth-order valence-corrected chi connectivity index (χ4v) is 6.76. The number of benzene rings is 1. The molecule has 240 valence electrons. The Balaban J connectivity index is 1.60. The van der Waals surface area contributed by atoms with Crippen molar-refractivity contribution in [1.82, 2.24) is 10.2 Å². The minimum Gasteiger partial charge on any atom is -0.444 e. The van der Waals surface area contributed by atoms with E-state index in [0.717, 1.165) is 28.5 Å². The monoisotopic (exact) mass is 642 g/mol. The molecule has 5 N–H and O–H groups in total. The molecule has 4 rings (SSSR count).